The van der Waals surface area contributed by atoms with E-state index in [1.807, 2.05) is 27.8 Å². The lowest BCUT2D eigenvalue weighted by atomic mass is 9.73. The van der Waals surface area contributed by atoms with Crippen molar-refractivity contribution in [1.29, 1.82) is 0 Å². The maximum absolute atomic E-state index is 13.6. The molecule has 142 valence electrons. The Morgan fingerprint density at radius 3 is 2.63 bits per heavy atom. The van der Waals surface area contributed by atoms with Crippen molar-refractivity contribution in [2.75, 3.05) is 26.3 Å². The Hall–Kier alpha value is -2.21. The van der Waals surface area contributed by atoms with Crippen LogP contribution >= 0.6 is 0 Å². The number of rotatable bonds is 4. The molecule has 0 N–H and O–H groups in total. The van der Waals surface area contributed by atoms with E-state index < -0.39 is 5.41 Å². The number of carbonyl (C=O) groups excluding carboxylic acids is 1. The molecule has 6 heteroatoms. The highest BCUT2D eigenvalue weighted by molar-refractivity contribution is 5.88. The first kappa shape index (κ1) is 16.9. The Balaban J connectivity index is 1.35. The Kier molecular flexibility index (Phi) is 4.23. The smallest absolute Gasteiger partial charge is 0.233 e. The molecular weight excluding hydrogens is 340 g/mol. The van der Waals surface area contributed by atoms with Crippen LogP contribution in [0.4, 0.5) is 0 Å². The zero-order valence-corrected chi connectivity index (χ0v) is 15.6. The molecule has 1 saturated carbocycles. The molecule has 1 aromatic carbocycles. The molecular formula is C21H26N4O2. The molecule has 1 atom stereocenters. The molecule has 5 rings (SSSR count). The summed E-state index contributed by atoms with van der Waals surface area (Å²) < 4.78 is 7.57. The zero-order chi connectivity index (χ0) is 18.3. The first-order valence-electron chi connectivity index (χ1n) is 10.1. The van der Waals surface area contributed by atoms with Crippen LogP contribution in [0.15, 0.2) is 36.5 Å². The Labute approximate surface area is 159 Å². The van der Waals surface area contributed by atoms with Crippen LogP contribution in [0, 0.1) is 0 Å². The first-order chi connectivity index (χ1) is 13.3. The van der Waals surface area contributed by atoms with Crippen molar-refractivity contribution in [1.82, 2.24) is 19.9 Å². The Bertz CT molecular complexity index is 809. The summed E-state index contributed by atoms with van der Waals surface area (Å²) in [6.45, 7) is 2.80. The highest BCUT2D eigenvalue weighted by atomic mass is 16.5. The maximum atomic E-state index is 13.6. The highest BCUT2D eigenvalue weighted by Crippen LogP contribution is 2.40. The second-order valence-electron chi connectivity index (χ2n) is 8.15. The van der Waals surface area contributed by atoms with Crippen LogP contribution in [0.3, 0.4) is 0 Å². The molecule has 2 aromatic rings. The van der Waals surface area contributed by atoms with Crippen molar-refractivity contribution < 1.29 is 9.53 Å². The summed E-state index contributed by atoms with van der Waals surface area (Å²) in [5.74, 6) is 0.864. The van der Waals surface area contributed by atoms with E-state index in [-0.39, 0.29) is 11.9 Å². The standard InChI is InChI=1S/C21H26N4O2/c26-20(21(9-12-27-13-10-21)17-4-2-1-3-5-17)24-11-8-18(14-24)25-15-19(22-23-25)16-6-7-16/h1-5,15-16,18H,6-14H2. The van der Waals surface area contributed by atoms with Crippen LogP contribution in [0.1, 0.15) is 55.3 Å². The summed E-state index contributed by atoms with van der Waals surface area (Å²) in [5.41, 5.74) is 1.79. The molecule has 1 aliphatic carbocycles. The van der Waals surface area contributed by atoms with Gasteiger partial charge >= 0.3 is 0 Å². The fourth-order valence-corrected chi connectivity index (χ4v) is 4.58. The molecule has 1 aromatic heterocycles. The molecule has 0 bridgehead atoms. The van der Waals surface area contributed by atoms with Gasteiger partial charge in [0.25, 0.3) is 0 Å². The molecule has 3 aliphatic rings. The van der Waals surface area contributed by atoms with Gasteiger partial charge < -0.3 is 9.64 Å². The number of ether oxygens (including phenoxy) is 1. The minimum Gasteiger partial charge on any atom is -0.381 e. The van der Waals surface area contributed by atoms with Crippen LogP contribution in [-0.2, 0) is 14.9 Å². The number of amides is 1. The third kappa shape index (κ3) is 3.06. The largest absolute Gasteiger partial charge is 0.381 e. The fraction of sp³-hybridized carbons (Fsp3) is 0.571. The average molecular weight is 366 g/mol. The number of likely N-dealkylation sites (tertiary alicyclic amines) is 1. The predicted octanol–water partition coefficient (Wildman–Crippen LogP) is 2.68. The van der Waals surface area contributed by atoms with Crippen molar-refractivity contribution >= 4 is 5.91 Å². The van der Waals surface area contributed by atoms with Gasteiger partial charge in [0.1, 0.15) is 0 Å². The van der Waals surface area contributed by atoms with Gasteiger partial charge in [-0.15, -0.1) is 5.10 Å². The lowest BCUT2D eigenvalue weighted by Gasteiger charge is -2.39. The first-order valence-corrected chi connectivity index (χ1v) is 10.1. The minimum absolute atomic E-state index is 0.238. The van der Waals surface area contributed by atoms with E-state index in [1.54, 1.807) is 0 Å². The van der Waals surface area contributed by atoms with Crippen LogP contribution in [0.5, 0.6) is 0 Å². The monoisotopic (exact) mass is 366 g/mol. The van der Waals surface area contributed by atoms with E-state index in [4.69, 9.17) is 4.74 Å². The van der Waals surface area contributed by atoms with Gasteiger partial charge in [-0.05, 0) is 37.7 Å². The summed E-state index contributed by atoms with van der Waals surface area (Å²) in [6, 6.07) is 10.5. The number of hydrogen-bond donors (Lipinski definition) is 0. The van der Waals surface area contributed by atoms with E-state index in [1.165, 1.54) is 12.8 Å². The van der Waals surface area contributed by atoms with Gasteiger partial charge in [-0.3, -0.25) is 4.79 Å². The summed E-state index contributed by atoms with van der Waals surface area (Å²) in [5, 5.41) is 8.69. The molecule has 0 spiro atoms. The van der Waals surface area contributed by atoms with E-state index in [9.17, 15) is 4.79 Å². The second kappa shape index (κ2) is 6.75. The number of carbonyl (C=O) groups is 1. The molecule has 3 fully saturated rings. The van der Waals surface area contributed by atoms with E-state index >= 15 is 0 Å². The summed E-state index contributed by atoms with van der Waals surface area (Å²) in [4.78, 5) is 15.7. The van der Waals surface area contributed by atoms with Crippen molar-refractivity contribution in [2.45, 2.75) is 49.5 Å². The quantitative estimate of drug-likeness (QED) is 0.835. The summed E-state index contributed by atoms with van der Waals surface area (Å²) in [7, 11) is 0. The molecule has 1 unspecified atom stereocenters. The SMILES string of the molecule is O=C(N1CCC(n2cc(C3CC3)nn2)C1)C1(c2ccccc2)CCOCC1. The Morgan fingerprint density at radius 2 is 1.89 bits per heavy atom. The van der Waals surface area contributed by atoms with Gasteiger partial charge in [0.15, 0.2) is 0 Å². The summed E-state index contributed by atoms with van der Waals surface area (Å²) in [6.07, 6.45) is 7.02. The molecule has 27 heavy (non-hydrogen) atoms. The van der Waals surface area contributed by atoms with Crippen molar-refractivity contribution in [3.63, 3.8) is 0 Å². The number of nitrogens with zero attached hydrogens (tertiary/aromatic N) is 4. The number of hydrogen-bond acceptors (Lipinski definition) is 4. The van der Waals surface area contributed by atoms with Crippen molar-refractivity contribution in [3.8, 4) is 0 Å². The lowest BCUT2D eigenvalue weighted by molar-refractivity contribution is -0.140. The topological polar surface area (TPSA) is 60.2 Å². The van der Waals surface area contributed by atoms with Gasteiger partial charge in [0, 0.05) is 38.4 Å². The van der Waals surface area contributed by atoms with Crippen LogP contribution in [0.2, 0.25) is 0 Å². The normalized spacial score (nSPS) is 24.9. The molecule has 6 nitrogen and oxygen atoms in total. The third-order valence-electron chi connectivity index (χ3n) is 6.43. The van der Waals surface area contributed by atoms with Crippen LogP contribution < -0.4 is 0 Å². The fourth-order valence-electron chi connectivity index (χ4n) is 4.58. The molecule has 3 heterocycles. The molecule has 0 radical (unpaired) electrons. The second-order valence-corrected chi connectivity index (χ2v) is 8.15. The van der Waals surface area contributed by atoms with E-state index in [0.717, 1.165) is 43.6 Å². The molecule has 1 amide bonds. The third-order valence-corrected chi connectivity index (χ3v) is 6.43. The Morgan fingerprint density at radius 1 is 1.11 bits per heavy atom. The molecule has 2 aliphatic heterocycles. The minimum atomic E-state index is -0.448. The number of benzene rings is 1. The van der Waals surface area contributed by atoms with E-state index in [0.29, 0.717) is 19.1 Å². The highest BCUT2D eigenvalue weighted by Gasteiger charge is 2.45. The van der Waals surface area contributed by atoms with Crippen molar-refractivity contribution in [3.05, 3.63) is 47.8 Å². The van der Waals surface area contributed by atoms with Gasteiger partial charge in [-0.1, -0.05) is 35.5 Å². The zero-order valence-electron chi connectivity index (χ0n) is 15.6. The van der Waals surface area contributed by atoms with Gasteiger partial charge in [-0.25, -0.2) is 4.68 Å². The van der Waals surface area contributed by atoms with Gasteiger partial charge in [0.05, 0.1) is 17.2 Å². The molecule has 2 saturated heterocycles. The summed E-state index contributed by atoms with van der Waals surface area (Å²) >= 11 is 0. The van der Waals surface area contributed by atoms with E-state index in [2.05, 4.69) is 28.6 Å². The van der Waals surface area contributed by atoms with Gasteiger partial charge in [0.2, 0.25) is 5.91 Å². The number of aromatic nitrogens is 3. The average Bonchev–Trinajstić information content (AvgIpc) is 3.26. The van der Waals surface area contributed by atoms with Crippen LogP contribution in [-0.4, -0.2) is 52.1 Å². The van der Waals surface area contributed by atoms with Gasteiger partial charge in [-0.2, -0.15) is 0 Å². The predicted molar refractivity (Wildman–Crippen MR) is 100 cm³/mol. The van der Waals surface area contributed by atoms with Crippen molar-refractivity contribution in [2.24, 2.45) is 0 Å². The lowest BCUT2D eigenvalue weighted by Crippen LogP contribution is -2.49. The van der Waals surface area contributed by atoms with Crippen LogP contribution in [0.25, 0.3) is 0 Å². The maximum Gasteiger partial charge on any atom is 0.233 e.